The zero-order valence-electron chi connectivity index (χ0n) is 21.5. The number of carbonyl (C=O) groups excluding carboxylic acids is 2. The van der Waals surface area contributed by atoms with Crippen molar-refractivity contribution in [2.24, 2.45) is 5.73 Å². The van der Waals surface area contributed by atoms with Crippen LogP contribution < -0.4 is 15.8 Å². The highest BCUT2D eigenvalue weighted by atomic mass is 79.9. The maximum Gasteiger partial charge on any atom is 0.280 e. The Balaban J connectivity index is 1.51. The molecule has 10 nitrogen and oxygen atoms in total. The van der Waals surface area contributed by atoms with Gasteiger partial charge in [-0.05, 0) is 49.7 Å². The number of hydrogen-bond donors (Lipinski definition) is 2. The van der Waals surface area contributed by atoms with Crippen molar-refractivity contribution in [3.63, 3.8) is 0 Å². The molecule has 2 amide bonds. The SMILES string of the molecule is CCn1cc(-c2cc(C(F)F)nc3sc(C(N)=O)c(NC(=O)c4ccn(COc5ccc(Br)cc5Cl)n4)c23)c(C)n1. The van der Waals surface area contributed by atoms with Gasteiger partial charge in [0.15, 0.2) is 12.4 Å². The van der Waals surface area contributed by atoms with Crippen LogP contribution in [0.25, 0.3) is 21.3 Å². The molecule has 0 bridgehead atoms. The number of anilines is 1. The van der Waals surface area contributed by atoms with Gasteiger partial charge in [0.1, 0.15) is 21.2 Å². The Morgan fingerprint density at radius 3 is 2.63 bits per heavy atom. The highest BCUT2D eigenvalue weighted by Crippen LogP contribution is 2.43. The van der Waals surface area contributed by atoms with Crippen molar-refractivity contribution >= 4 is 66.6 Å². The number of hydrogen-bond acceptors (Lipinski definition) is 7. The van der Waals surface area contributed by atoms with Crippen LogP contribution in [0, 0.1) is 6.92 Å². The number of nitrogens with two attached hydrogens (primary N) is 1. The van der Waals surface area contributed by atoms with Crippen LogP contribution >= 0.6 is 38.9 Å². The van der Waals surface area contributed by atoms with E-state index in [1.54, 1.807) is 36.0 Å². The highest BCUT2D eigenvalue weighted by Gasteiger charge is 2.27. The first-order valence-electron chi connectivity index (χ1n) is 12.1. The van der Waals surface area contributed by atoms with Crippen molar-refractivity contribution < 1.29 is 23.1 Å². The van der Waals surface area contributed by atoms with Crippen molar-refractivity contribution in [2.45, 2.75) is 33.5 Å². The smallest absolute Gasteiger partial charge is 0.280 e. The number of rotatable bonds is 9. The minimum absolute atomic E-state index is 0.0129. The molecule has 0 aliphatic heterocycles. The molecule has 0 fully saturated rings. The Labute approximate surface area is 249 Å². The fraction of sp³-hybridized carbons (Fsp3) is 0.192. The number of aryl methyl sites for hydroxylation is 2. The number of nitrogens with one attached hydrogen (secondary N) is 1. The van der Waals surface area contributed by atoms with E-state index in [1.165, 1.54) is 23.0 Å². The number of ether oxygens (including phenoxy) is 1. The minimum atomic E-state index is -2.87. The molecule has 0 saturated carbocycles. The third-order valence-corrected chi connectivity index (χ3v) is 7.93. The van der Waals surface area contributed by atoms with E-state index < -0.39 is 23.9 Å². The summed E-state index contributed by atoms with van der Waals surface area (Å²) in [5.41, 5.74) is 6.70. The predicted molar refractivity (Wildman–Crippen MR) is 155 cm³/mol. The summed E-state index contributed by atoms with van der Waals surface area (Å²) < 4.78 is 37.1. The number of aromatic nitrogens is 5. The van der Waals surface area contributed by atoms with Gasteiger partial charge in [-0.25, -0.2) is 18.4 Å². The number of alkyl halides is 2. The second kappa shape index (κ2) is 11.5. The number of thiophene rings is 1. The monoisotopic (exact) mass is 663 g/mol. The van der Waals surface area contributed by atoms with Gasteiger partial charge in [-0.2, -0.15) is 10.2 Å². The summed E-state index contributed by atoms with van der Waals surface area (Å²) in [5.74, 6) is -1.08. The number of amides is 2. The molecular formula is C26H21BrClF2N7O3S. The van der Waals surface area contributed by atoms with Gasteiger partial charge in [0, 0.05) is 34.4 Å². The standard InChI is InChI=1S/C26H21BrClF2N7O3S/c1-3-36-10-15(12(2)34-36)14-9-18(23(29)30)32-26-20(14)21(22(41-26)24(31)38)33-25(39)17-6-7-37(35-17)11-40-19-5-4-13(27)8-16(19)28/h4-10,23H,3,11H2,1-2H3,(H2,31,38)(H,33,39). The molecule has 0 unspecified atom stereocenters. The number of halogens is 4. The van der Waals surface area contributed by atoms with Crippen LogP contribution in [0.1, 0.15) is 44.9 Å². The van der Waals surface area contributed by atoms with E-state index in [9.17, 15) is 18.4 Å². The lowest BCUT2D eigenvalue weighted by molar-refractivity contribution is 0.100. The van der Waals surface area contributed by atoms with Gasteiger partial charge in [0.2, 0.25) is 0 Å². The van der Waals surface area contributed by atoms with E-state index in [1.807, 2.05) is 6.92 Å². The van der Waals surface area contributed by atoms with Crippen LogP contribution in [0.5, 0.6) is 5.75 Å². The summed E-state index contributed by atoms with van der Waals surface area (Å²) in [6.45, 7) is 4.15. The number of primary amides is 1. The largest absolute Gasteiger partial charge is 0.470 e. The molecule has 4 aromatic heterocycles. The normalized spacial score (nSPS) is 11.4. The lowest BCUT2D eigenvalue weighted by Gasteiger charge is -2.10. The Bertz CT molecular complexity index is 1800. The summed E-state index contributed by atoms with van der Waals surface area (Å²) in [6.07, 6.45) is 0.383. The molecule has 0 aliphatic rings. The van der Waals surface area contributed by atoms with Gasteiger partial charge in [0.05, 0.1) is 16.4 Å². The molecular weight excluding hydrogens is 644 g/mol. The molecule has 3 N–H and O–H groups in total. The van der Waals surface area contributed by atoms with Crippen LogP contribution in [0.15, 0.2) is 47.2 Å². The molecule has 212 valence electrons. The average Bonchev–Trinajstić information content (AvgIpc) is 3.65. The number of benzene rings is 1. The van der Waals surface area contributed by atoms with E-state index in [4.69, 9.17) is 22.1 Å². The Morgan fingerprint density at radius 1 is 1.20 bits per heavy atom. The van der Waals surface area contributed by atoms with Crippen LogP contribution in [0.3, 0.4) is 0 Å². The third kappa shape index (κ3) is 5.80. The highest BCUT2D eigenvalue weighted by molar-refractivity contribution is 9.10. The van der Waals surface area contributed by atoms with Gasteiger partial charge >= 0.3 is 0 Å². The van der Waals surface area contributed by atoms with Crippen LogP contribution in [-0.2, 0) is 13.3 Å². The molecule has 0 atom stereocenters. The van der Waals surface area contributed by atoms with Gasteiger partial charge in [-0.1, -0.05) is 27.5 Å². The molecule has 0 aliphatic carbocycles. The van der Waals surface area contributed by atoms with Gasteiger partial charge in [-0.15, -0.1) is 11.3 Å². The first-order valence-corrected chi connectivity index (χ1v) is 14.1. The zero-order chi connectivity index (χ0) is 29.4. The summed E-state index contributed by atoms with van der Waals surface area (Å²) in [7, 11) is 0. The molecule has 4 heterocycles. The zero-order valence-corrected chi connectivity index (χ0v) is 24.6. The summed E-state index contributed by atoms with van der Waals surface area (Å²) in [4.78, 5) is 29.8. The first-order chi connectivity index (χ1) is 19.5. The van der Waals surface area contributed by atoms with Crippen molar-refractivity contribution in [1.82, 2.24) is 24.5 Å². The minimum Gasteiger partial charge on any atom is -0.470 e. The number of fused-ring (bicyclic) bond motifs is 1. The Morgan fingerprint density at radius 2 is 1.98 bits per heavy atom. The molecule has 0 radical (unpaired) electrons. The van der Waals surface area contributed by atoms with Gasteiger partial charge < -0.3 is 15.8 Å². The predicted octanol–water partition coefficient (Wildman–Crippen LogP) is 6.43. The van der Waals surface area contributed by atoms with E-state index in [0.29, 0.717) is 39.5 Å². The van der Waals surface area contributed by atoms with Crippen LogP contribution in [-0.4, -0.2) is 36.4 Å². The van der Waals surface area contributed by atoms with Crippen molar-refractivity contribution in [2.75, 3.05) is 5.32 Å². The number of nitrogens with zero attached hydrogens (tertiary/aromatic N) is 5. The Kier molecular flexibility index (Phi) is 8.07. The third-order valence-electron chi connectivity index (χ3n) is 6.05. The first kappa shape index (κ1) is 28.6. The molecule has 1 aromatic carbocycles. The lowest BCUT2D eigenvalue weighted by Crippen LogP contribution is -2.18. The molecule has 0 saturated heterocycles. The maximum atomic E-state index is 13.8. The summed E-state index contributed by atoms with van der Waals surface area (Å²) in [6, 6.07) is 7.84. The van der Waals surface area contributed by atoms with E-state index in [-0.39, 0.29) is 27.8 Å². The fourth-order valence-electron chi connectivity index (χ4n) is 4.14. The fourth-order valence-corrected chi connectivity index (χ4v) is 5.88. The molecule has 0 spiro atoms. The Hall–Kier alpha value is -3.88. The van der Waals surface area contributed by atoms with Gasteiger partial charge in [0.25, 0.3) is 18.2 Å². The summed E-state index contributed by atoms with van der Waals surface area (Å²) in [5, 5.41) is 12.1. The lowest BCUT2D eigenvalue weighted by atomic mass is 10.0. The van der Waals surface area contributed by atoms with Crippen molar-refractivity contribution in [3.05, 3.63) is 74.2 Å². The molecule has 15 heteroatoms. The van der Waals surface area contributed by atoms with E-state index in [0.717, 1.165) is 15.8 Å². The van der Waals surface area contributed by atoms with Crippen LogP contribution in [0.4, 0.5) is 14.5 Å². The van der Waals surface area contributed by atoms with E-state index >= 15 is 0 Å². The second-order valence-corrected chi connectivity index (χ2v) is 11.1. The molecule has 41 heavy (non-hydrogen) atoms. The average molecular weight is 665 g/mol. The van der Waals surface area contributed by atoms with Crippen molar-refractivity contribution in [3.8, 4) is 16.9 Å². The molecule has 5 rings (SSSR count). The second-order valence-electron chi connectivity index (χ2n) is 8.77. The quantitative estimate of drug-likeness (QED) is 0.187. The molecule has 5 aromatic rings. The number of pyridine rings is 1. The maximum absolute atomic E-state index is 13.8. The van der Waals surface area contributed by atoms with Crippen molar-refractivity contribution in [1.29, 1.82) is 0 Å². The van der Waals surface area contributed by atoms with Gasteiger partial charge in [-0.3, -0.25) is 14.3 Å². The summed E-state index contributed by atoms with van der Waals surface area (Å²) >= 11 is 10.3. The topological polar surface area (TPSA) is 130 Å². The number of carbonyl (C=O) groups is 2. The van der Waals surface area contributed by atoms with Crippen LogP contribution in [0.2, 0.25) is 5.02 Å². The van der Waals surface area contributed by atoms with E-state index in [2.05, 4.69) is 36.4 Å².